The molecule has 1 saturated heterocycles. The van der Waals surface area contributed by atoms with Gasteiger partial charge in [-0.1, -0.05) is 12.1 Å². The van der Waals surface area contributed by atoms with Gasteiger partial charge in [0.15, 0.2) is 0 Å². The minimum absolute atomic E-state index is 0.00514. The van der Waals surface area contributed by atoms with E-state index >= 15 is 0 Å². The standard InChI is InChI=1S/C22H28N2O5S/c1-16(2)29-21-7-5-4-6-20(21)23-22(25)17-12-14-24(15-13-17)30(26,27)19-10-8-18(28-3)9-11-19/h4-11,16-17H,12-15H2,1-3H3,(H,23,25). The topological polar surface area (TPSA) is 84.9 Å². The number of anilines is 1. The fraction of sp³-hybridized carbons (Fsp3) is 0.409. The lowest BCUT2D eigenvalue weighted by molar-refractivity contribution is -0.120. The number of carbonyl (C=O) groups is 1. The number of para-hydroxylation sites is 2. The van der Waals surface area contributed by atoms with E-state index in [0.29, 0.717) is 43.1 Å². The number of nitrogens with zero attached hydrogens (tertiary/aromatic N) is 1. The van der Waals surface area contributed by atoms with E-state index in [1.54, 1.807) is 30.3 Å². The molecule has 0 unspecified atom stereocenters. The zero-order chi connectivity index (χ0) is 21.7. The van der Waals surface area contributed by atoms with Crippen molar-refractivity contribution in [2.75, 3.05) is 25.5 Å². The Bertz CT molecular complexity index is 965. The lowest BCUT2D eigenvalue weighted by Crippen LogP contribution is -2.41. The number of ether oxygens (including phenoxy) is 2. The Balaban J connectivity index is 1.62. The van der Waals surface area contributed by atoms with Gasteiger partial charge in [0, 0.05) is 19.0 Å². The molecule has 0 saturated carbocycles. The van der Waals surface area contributed by atoms with Crippen LogP contribution in [0, 0.1) is 5.92 Å². The number of piperidine rings is 1. The molecule has 0 bridgehead atoms. The lowest BCUT2D eigenvalue weighted by atomic mass is 9.97. The second kappa shape index (κ2) is 9.49. The van der Waals surface area contributed by atoms with Crippen molar-refractivity contribution in [1.82, 2.24) is 4.31 Å². The molecule has 1 aliphatic heterocycles. The molecular weight excluding hydrogens is 404 g/mol. The molecule has 3 rings (SSSR count). The molecule has 1 amide bonds. The molecule has 0 aromatic heterocycles. The Labute approximate surface area is 178 Å². The van der Waals surface area contributed by atoms with Gasteiger partial charge < -0.3 is 14.8 Å². The van der Waals surface area contributed by atoms with E-state index < -0.39 is 10.0 Å². The molecule has 1 aliphatic rings. The van der Waals surface area contributed by atoms with Gasteiger partial charge in [-0.25, -0.2) is 8.42 Å². The molecule has 1 N–H and O–H groups in total. The summed E-state index contributed by atoms with van der Waals surface area (Å²) in [4.78, 5) is 13.0. The number of methoxy groups -OCH3 is 1. The van der Waals surface area contributed by atoms with E-state index in [9.17, 15) is 13.2 Å². The quantitative estimate of drug-likeness (QED) is 0.724. The number of sulfonamides is 1. The fourth-order valence-corrected chi connectivity index (χ4v) is 4.89. The summed E-state index contributed by atoms with van der Waals surface area (Å²) in [5.74, 6) is 0.863. The van der Waals surface area contributed by atoms with E-state index in [-0.39, 0.29) is 22.8 Å². The van der Waals surface area contributed by atoms with Gasteiger partial charge >= 0.3 is 0 Å². The molecule has 1 heterocycles. The van der Waals surface area contributed by atoms with Gasteiger partial charge in [0.05, 0.1) is 23.8 Å². The highest BCUT2D eigenvalue weighted by molar-refractivity contribution is 7.89. The van der Waals surface area contributed by atoms with Crippen molar-refractivity contribution in [3.8, 4) is 11.5 Å². The maximum Gasteiger partial charge on any atom is 0.243 e. The van der Waals surface area contributed by atoms with Crippen LogP contribution < -0.4 is 14.8 Å². The van der Waals surface area contributed by atoms with Gasteiger partial charge in [0.25, 0.3) is 0 Å². The van der Waals surface area contributed by atoms with Crippen LogP contribution in [0.2, 0.25) is 0 Å². The van der Waals surface area contributed by atoms with Gasteiger partial charge in [0.1, 0.15) is 11.5 Å². The van der Waals surface area contributed by atoms with Crippen molar-refractivity contribution >= 4 is 21.6 Å². The van der Waals surface area contributed by atoms with E-state index in [4.69, 9.17) is 9.47 Å². The molecule has 7 nitrogen and oxygen atoms in total. The monoisotopic (exact) mass is 432 g/mol. The van der Waals surface area contributed by atoms with Crippen LogP contribution in [0.5, 0.6) is 11.5 Å². The van der Waals surface area contributed by atoms with Crippen molar-refractivity contribution in [3.05, 3.63) is 48.5 Å². The highest BCUT2D eigenvalue weighted by atomic mass is 32.2. The first-order valence-electron chi connectivity index (χ1n) is 10.0. The third-order valence-electron chi connectivity index (χ3n) is 5.03. The fourth-order valence-electron chi connectivity index (χ4n) is 3.42. The Morgan fingerprint density at radius 2 is 1.70 bits per heavy atom. The summed E-state index contributed by atoms with van der Waals surface area (Å²) < 4.78 is 38.0. The van der Waals surface area contributed by atoms with Gasteiger partial charge in [-0.3, -0.25) is 4.79 Å². The maximum absolute atomic E-state index is 12.9. The minimum atomic E-state index is -3.59. The number of benzene rings is 2. The number of carbonyl (C=O) groups excluding carboxylic acids is 1. The molecule has 0 atom stereocenters. The molecule has 0 spiro atoms. The molecule has 8 heteroatoms. The Hall–Kier alpha value is -2.58. The molecule has 0 radical (unpaired) electrons. The highest BCUT2D eigenvalue weighted by Crippen LogP contribution is 2.29. The van der Waals surface area contributed by atoms with Gasteiger partial charge in [-0.2, -0.15) is 4.31 Å². The van der Waals surface area contributed by atoms with Crippen LogP contribution in [-0.2, 0) is 14.8 Å². The van der Waals surface area contributed by atoms with Crippen molar-refractivity contribution in [3.63, 3.8) is 0 Å². The summed E-state index contributed by atoms with van der Waals surface area (Å²) in [6, 6.07) is 13.7. The molecule has 0 aliphatic carbocycles. The summed E-state index contributed by atoms with van der Waals surface area (Å²) >= 11 is 0. The summed E-state index contributed by atoms with van der Waals surface area (Å²) in [6.45, 7) is 4.46. The van der Waals surface area contributed by atoms with E-state index in [2.05, 4.69) is 5.32 Å². The van der Waals surface area contributed by atoms with Crippen LogP contribution in [0.4, 0.5) is 5.69 Å². The summed E-state index contributed by atoms with van der Waals surface area (Å²) in [5.41, 5.74) is 0.629. The predicted octanol–water partition coefficient (Wildman–Crippen LogP) is 3.52. The van der Waals surface area contributed by atoms with Crippen molar-refractivity contribution < 1.29 is 22.7 Å². The summed E-state index contributed by atoms with van der Waals surface area (Å²) in [6.07, 6.45) is 0.928. The van der Waals surface area contributed by atoms with Crippen LogP contribution in [0.25, 0.3) is 0 Å². The molecule has 1 fully saturated rings. The number of hydrogen-bond donors (Lipinski definition) is 1. The first kappa shape index (κ1) is 22.1. The van der Waals surface area contributed by atoms with Crippen molar-refractivity contribution in [2.24, 2.45) is 5.92 Å². The number of amides is 1. The molecular formula is C22H28N2O5S. The normalized spacial score (nSPS) is 15.7. The zero-order valence-corrected chi connectivity index (χ0v) is 18.3. The Morgan fingerprint density at radius 1 is 1.07 bits per heavy atom. The molecule has 2 aromatic rings. The second-order valence-corrected chi connectivity index (χ2v) is 9.44. The van der Waals surface area contributed by atoms with Gasteiger partial charge in [-0.05, 0) is 63.1 Å². The first-order valence-corrected chi connectivity index (χ1v) is 11.5. The largest absolute Gasteiger partial charge is 0.497 e. The lowest BCUT2D eigenvalue weighted by Gasteiger charge is -2.30. The van der Waals surface area contributed by atoms with E-state index in [1.807, 2.05) is 32.0 Å². The molecule has 2 aromatic carbocycles. The third kappa shape index (κ3) is 5.12. The van der Waals surface area contributed by atoms with Crippen molar-refractivity contribution in [1.29, 1.82) is 0 Å². The van der Waals surface area contributed by atoms with Crippen LogP contribution >= 0.6 is 0 Å². The van der Waals surface area contributed by atoms with E-state index in [0.717, 1.165) is 0 Å². The average Bonchev–Trinajstić information content (AvgIpc) is 2.75. The predicted molar refractivity (Wildman–Crippen MR) is 115 cm³/mol. The summed E-state index contributed by atoms with van der Waals surface area (Å²) in [7, 11) is -2.05. The van der Waals surface area contributed by atoms with Crippen LogP contribution in [0.1, 0.15) is 26.7 Å². The van der Waals surface area contributed by atoms with Gasteiger partial charge in [-0.15, -0.1) is 0 Å². The number of rotatable bonds is 7. The molecule has 162 valence electrons. The van der Waals surface area contributed by atoms with E-state index in [1.165, 1.54) is 11.4 Å². The highest BCUT2D eigenvalue weighted by Gasteiger charge is 2.32. The Kier molecular flexibility index (Phi) is 6.99. The molecule has 30 heavy (non-hydrogen) atoms. The first-order chi connectivity index (χ1) is 14.3. The smallest absolute Gasteiger partial charge is 0.243 e. The van der Waals surface area contributed by atoms with Crippen LogP contribution in [0.3, 0.4) is 0 Å². The maximum atomic E-state index is 12.9. The van der Waals surface area contributed by atoms with Crippen LogP contribution in [-0.4, -0.2) is 44.9 Å². The zero-order valence-electron chi connectivity index (χ0n) is 17.5. The second-order valence-electron chi connectivity index (χ2n) is 7.51. The average molecular weight is 433 g/mol. The number of nitrogens with one attached hydrogen (secondary N) is 1. The summed E-state index contributed by atoms with van der Waals surface area (Å²) in [5, 5.41) is 2.94. The number of hydrogen-bond acceptors (Lipinski definition) is 5. The minimum Gasteiger partial charge on any atom is -0.497 e. The van der Waals surface area contributed by atoms with Gasteiger partial charge in [0.2, 0.25) is 15.9 Å². The van der Waals surface area contributed by atoms with Crippen LogP contribution in [0.15, 0.2) is 53.4 Å². The third-order valence-corrected chi connectivity index (χ3v) is 6.94. The Morgan fingerprint density at radius 3 is 2.30 bits per heavy atom. The van der Waals surface area contributed by atoms with Crippen molar-refractivity contribution in [2.45, 2.75) is 37.7 Å². The SMILES string of the molecule is COc1ccc(S(=O)(=O)N2CCC(C(=O)Nc3ccccc3OC(C)C)CC2)cc1.